The Morgan fingerprint density at radius 2 is 1.64 bits per heavy atom. The van der Waals surface area contributed by atoms with Crippen LogP contribution < -0.4 is 10.6 Å². The number of fused-ring (bicyclic) bond motifs is 3. The number of aromatic nitrogens is 2. The molecule has 4 rings (SSSR count). The van der Waals surface area contributed by atoms with E-state index in [4.69, 9.17) is 0 Å². The largest absolute Gasteiger partial charge is 0.353 e. The molecule has 2 aromatic carbocycles. The van der Waals surface area contributed by atoms with Gasteiger partial charge in [-0.05, 0) is 42.5 Å². The predicted octanol–water partition coefficient (Wildman–Crippen LogP) is 4.33. The van der Waals surface area contributed by atoms with Gasteiger partial charge in [-0.1, -0.05) is 18.2 Å². The van der Waals surface area contributed by atoms with Gasteiger partial charge in [0.2, 0.25) is 11.8 Å². The molecule has 6 nitrogen and oxygen atoms in total. The van der Waals surface area contributed by atoms with Crippen molar-refractivity contribution in [2.75, 3.05) is 10.6 Å². The van der Waals surface area contributed by atoms with Crippen LogP contribution in [0.25, 0.3) is 27.9 Å². The first-order valence-electron chi connectivity index (χ1n) is 8.82. The van der Waals surface area contributed by atoms with Gasteiger partial charge in [0.15, 0.2) is 0 Å². The number of pyridine rings is 1. The highest BCUT2D eigenvalue weighted by molar-refractivity contribution is 6.07. The number of nitrogens with zero attached hydrogens (tertiary/aromatic N) is 1. The molecule has 2 aromatic heterocycles. The van der Waals surface area contributed by atoms with Crippen LogP contribution in [0.1, 0.15) is 12.6 Å². The fraction of sp³-hybridized carbons (Fsp3) is 0.0455. The minimum atomic E-state index is -0.256. The van der Waals surface area contributed by atoms with Crippen molar-refractivity contribution in [1.29, 1.82) is 0 Å². The van der Waals surface area contributed by atoms with Crippen molar-refractivity contribution in [1.82, 2.24) is 9.97 Å². The maximum atomic E-state index is 12.2. The van der Waals surface area contributed by atoms with Crippen LogP contribution in [0.4, 0.5) is 11.4 Å². The summed E-state index contributed by atoms with van der Waals surface area (Å²) in [7, 11) is 0. The number of nitrogens with one attached hydrogen (secondary N) is 3. The highest BCUT2D eigenvalue weighted by atomic mass is 16.2. The number of benzene rings is 2. The molecule has 138 valence electrons. The SMILES string of the molecule is CC(=O)Nc1ccc(NC(=O)/C=C/c2cc3c(cn2)[nH]c2ccccc23)cc1. The number of H-pyrrole nitrogens is 1. The van der Waals surface area contributed by atoms with Crippen molar-refractivity contribution >= 4 is 51.1 Å². The van der Waals surface area contributed by atoms with Gasteiger partial charge in [-0.15, -0.1) is 0 Å². The Hall–Kier alpha value is -3.93. The van der Waals surface area contributed by atoms with Crippen LogP contribution in [0.5, 0.6) is 0 Å². The number of aromatic amines is 1. The lowest BCUT2D eigenvalue weighted by atomic mass is 10.1. The molecular weight excluding hydrogens is 352 g/mol. The lowest BCUT2D eigenvalue weighted by Crippen LogP contribution is -2.08. The third kappa shape index (κ3) is 3.76. The van der Waals surface area contributed by atoms with Crippen LogP contribution >= 0.6 is 0 Å². The molecule has 0 fully saturated rings. The highest BCUT2D eigenvalue weighted by Gasteiger charge is 2.05. The number of hydrogen-bond donors (Lipinski definition) is 3. The first-order valence-corrected chi connectivity index (χ1v) is 8.82. The Kier molecular flexibility index (Phi) is 4.60. The second kappa shape index (κ2) is 7.36. The first kappa shape index (κ1) is 17.5. The van der Waals surface area contributed by atoms with Gasteiger partial charge in [0.1, 0.15) is 0 Å². The van der Waals surface area contributed by atoms with Gasteiger partial charge in [-0.3, -0.25) is 14.6 Å². The first-order chi connectivity index (χ1) is 13.6. The molecule has 0 spiro atoms. The molecule has 0 aliphatic heterocycles. The maximum absolute atomic E-state index is 12.2. The normalized spacial score (nSPS) is 11.2. The van der Waals surface area contributed by atoms with E-state index in [9.17, 15) is 9.59 Å². The van der Waals surface area contributed by atoms with Crippen molar-refractivity contribution in [3.8, 4) is 0 Å². The van der Waals surface area contributed by atoms with E-state index < -0.39 is 0 Å². The number of carbonyl (C=O) groups is 2. The third-order valence-electron chi connectivity index (χ3n) is 4.29. The van der Waals surface area contributed by atoms with E-state index in [1.54, 1.807) is 36.5 Å². The van der Waals surface area contributed by atoms with E-state index in [1.807, 2.05) is 24.3 Å². The van der Waals surface area contributed by atoms with Gasteiger partial charge >= 0.3 is 0 Å². The van der Waals surface area contributed by atoms with Gasteiger partial charge < -0.3 is 15.6 Å². The average molecular weight is 370 g/mol. The second-order valence-electron chi connectivity index (χ2n) is 6.41. The summed E-state index contributed by atoms with van der Waals surface area (Å²) in [5.41, 5.74) is 4.04. The van der Waals surface area contributed by atoms with Gasteiger partial charge in [0, 0.05) is 40.7 Å². The molecule has 2 amide bonds. The monoisotopic (exact) mass is 370 g/mol. The molecule has 6 heteroatoms. The molecule has 0 aliphatic rings. The van der Waals surface area contributed by atoms with Gasteiger partial charge in [0.25, 0.3) is 0 Å². The van der Waals surface area contributed by atoms with Crippen molar-refractivity contribution in [2.24, 2.45) is 0 Å². The van der Waals surface area contributed by atoms with E-state index in [0.717, 1.165) is 21.8 Å². The van der Waals surface area contributed by atoms with E-state index in [0.29, 0.717) is 17.1 Å². The molecule has 4 aromatic rings. The number of rotatable bonds is 4. The number of para-hydroxylation sites is 1. The quantitative estimate of drug-likeness (QED) is 0.467. The Bertz CT molecular complexity index is 1210. The number of hydrogen-bond acceptors (Lipinski definition) is 3. The Labute approximate surface area is 161 Å². The molecular formula is C22H18N4O2. The Morgan fingerprint density at radius 3 is 2.39 bits per heavy atom. The molecule has 0 atom stereocenters. The summed E-state index contributed by atoms with van der Waals surface area (Å²) in [5.74, 6) is -0.396. The van der Waals surface area contributed by atoms with Crippen molar-refractivity contribution < 1.29 is 9.59 Å². The van der Waals surface area contributed by atoms with E-state index in [1.165, 1.54) is 13.0 Å². The summed E-state index contributed by atoms with van der Waals surface area (Å²) in [5, 5.41) is 7.65. The Morgan fingerprint density at radius 1 is 0.929 bits per heavy atom. The average Bonchev–Trinajstić information content (AvgIpc) is 3.05. The molecule has 0 radical (unpaired) electrons. The van der Waals surface area contributed by atoms with Crippen molar-refractivity contribution in [3.05, 3.63) is 72.6 Å². The number of carbonyl (C=O) groups excluding carboxylic acids is 2. The van der Waals surface area contributed by atoms with Crippen molar-refractivity contribution in [3.63, 3.8) is 0 Å². The molecule has 28 heavy (non-hydrogen) atoms. The fourth-order valence-electron chi connectivity index (χ4n) is 3.04. The smallest absolute Gasteiger partial charge is 0.248 e. The molecule has 0 aliphatic carbocycles. The molecule has 0 unspecified atom stereocenters. The van der Waals surface area contributed by atoms with Crippen LogP contribution in [-0.4, -0.2) is 21.8 Å². The summed E-state index contributed by atoms with van der Waals surface area (Å²) in [6.45, 7) is 1.45. The molecule has 0 saturated heterocycles. The maximum Gasteiger partial charge on any atom is 0.248 e. The van der Waals surface area contributed by atoms with Crippen LogP contribution in [0.15, 0.2) is 66.9 Å². The van der Waals surface area contributed by atoms with Gasteiger partial charge in [0.05, 0.1) is 17.4 Å². The lowest BCUT2D eigenvalue weighted by molar-refractivity contribution is -0.114. The Balaban J connectivity index is 1.48. The van der Waals surface area contributed by atoms with E-state index in [-0.39, 0.29) is 11.8 Å². The van der Waals surface area contributed by atoms with Gasteiger partial charge in [-0.25, -0.2) is 0 Å². The third-order valence-corrected chi connectivity index (χ3v) is 4.29. The van der Waals surface area contributed by atoms with E-state index >= 15 is 0 Å². The predicted molar refractivity (Wildman–Crippen MR) is 112 cm³/mol. The summed E-state index contributed by atoms with van der Waals surface area (Å²) >= 11 is 0. The minimum absolute atomic E-state index is 0.139. The van der Waals surface area contributed by atoms with Crippen LogP contribution in [0.3, 0.4) is 0 Å². The number of anilines is 2. The highest BCUT2D eigenvalue weighted by Crippen LogP contribution is 2.25. The zero-order chi connectivity index (χ0) is 19.5. The van der Waals surface area contributed by atoms with E-state index in [2.05, 4.69) is 26.7 Å². The zero-order valence-electron chi connectivity index (χ0n) is 15.2. The zero-order valence-corrected chi connectivity index (χ0v) is 15.2. The molecule has 3 N–H and O–H groups in total. The standard InChI is InChI=1S/C22H18N4O2/c1-14(27)24-15-6-8-16(9-7-15)25-22(28)11-10-17-12-19-18-4-2-3-5-20(18)26-21(19)13-23-17/h2-13,26H,1H3,(H,24,27)(H,25,28)/b11-10+. The van der Waals surface area contributed by atoms with Crippen molar-refractivity contribution in [2.45, 2.75) is 6.92 Å². The number of amides is 2. The topological polar surface area (TPSA) is 86.9 Å². The minimum Gasteiger partial charge on any atom is -0.353 e. The molecule has 0 saturated carbocycles. The molecule has 0 bridgehead atoms. The van der Waals surface area contributed by atoms with Crippen LogP contribution in [-0.2, 0) is 9.59 Å². The van der Waals surface area contributed by atoms with Gasteiger partial charge in [-0.2, -0.15) is 0 Å². The molecule has 2 heterocycles. The van der Waals surface area contributed by atoms with Crippen LogP contribution in [0.2, 0.25) is 0 Å². The summed E-state index contributed by atoms with van der Waals surface area (Å²) in [4.78, 5) is 30.9. The summed E-state index contributed by atoms with van der Waals surface area (Å²) in [6.07, 6.45) is 4.90. The fourth-order valence-corrected chi connectivity index (χ4v) is 3.04. The summed E-state index contributed by atoms with van der Waals surface area (Å²) in [6, 6.07) is 16.9. The second-order valence-corrected chi connectivity index (χ2v) is 6.41. The summed E-state index contributed by atoms with van der Waals surface area (Å²) < 4.78 is 0. The lowest BCUT2D eigenvalue weighted by Gasteiger charge is -2.05. The van der Waals surface area contributed by atoms with Crippen LogP contribution in [0, 0.1) is 0 Å².